The molecule has 0 radical (unpaired) electrons. The Kier molecular flexibility index (Phi) is 2.07. The molecular weight excluding hydrogens is 178 g/mol. The molecule has 0 unspecified atom stereocenters. The molecule has 70 valence electrons. The van der Waals surface area contributed by atoms with Crippen LogP contribution in [-0.4, -0.2) is 5.78 Å². The van der Waals surface area contributed by atoms with Gasteiger partial charge in [0.05, 0.1) is 0 Å². The first-order valence-electron chi connectivity index (χ1n) is 4.21. The van der Waals surface area contributed by atoms with Crippen molar-refractivity contribution < 1.29 is 9.63 Å². The molecule has 1 aromatic carbocycles. The van der Waals surface area contributed by atoms with Gasteiger partial charge in [0.2, 0.25) is 5.78 Å². The molecule has 3 heteroatoms. The highest BCUT2D eigenvalue weighted by Crippen LogP contribution is 2.23. The molecule has 14 heavy (non-hydrogen) atoms. The fraction of sp³-hybridized carbons (Fsp3) is 0. The summed E-state index contributed by atoms with van der Waals surface area (Å²) in [7, 11) is 0. The molecule has 1 aromatic rings. The average Bonchev–Trinajstić information content (AvgIpc) is 2.27. The van der Waals surface area contributed by atoms with Gasteiger partial charge in [0, 0.05) is 5.56 Å². The smallest absolute Gasteiger partial charge is 0.204 e. The van der Waals surface area contributed by atoms with Crippen LogP contribution in [0.15, 0.2) is 42.6 Å². The Labute approximate surface area is 81.7 Å². The standard InChI is InChI=1S/C11H9NO2/c1-2-10(13)9-7-8-5-3-4-6-11(8)14-12-9/h2-7,12H,1H2. The molecule has 0 amide bonds. The number of allylic oxidation sites excluding steroid dienone is 1. The summed E-state index contributed by atoms with van der Waals surface area (Å²) in [6.07, 6.45) is 2.99. The molecule has 0 saturated carbocycles. The number of hydrogen-bond donors (Lipinski definition) is 1. The van der Waals surface area contributed by atoms with Crippen LogP contribution in [0.1, 0.15) is 5.56 Å². The fourth-order valence-electron chi connectivity index (χ4n) is 1.22. The van der Waals surface area contributed by atoms with Gasteiger partial charge >= 0.3 is 0 Å². The van der Waals surface area contributed by atoms with Crippen LogP contribution < -0.4 is 10.3 Å². The monoisotopic (exact) mass is 187 g/mol. The summed E-state index contributed by atoms with van der Waals surface area (Å²) in [5.74, 6) is 0.535. The summed E-state index contributed by atoms with van der Waals surface area (Å²) < 4.78 is 0. The predicted octanol–water partition coefficient (Wildman–Crippen LogP) is 1.68. The number of hydroxylamine groups is 1. The van der Waals surface area contributed by atoms with Gasteiger partial charge in [0.25, 0.3) is 0 Å². The van der Waals surface area contributed by atoms with E-state index in [1.165, 1.54) is 6.08 Å². The number of ketones is 1. The van der Waals surface area contributed by atoms with Crippen molar-refractivity contribution >= 4 is 11.9 Å². The summed E-state index contributed by atoms with van der Waals surface area (Å²) in [5.41, 5.74) is 3.85. The molecule has 1 aliphatic rings. The molecular formula is C11H9NO2. The lowest BCUT2D eigenvalue weighted by Gasteiger charge is -2.16. The minimum absolute atomic E-state index is 0.181. The van der Waals surface area contributed by atoms with Gasteiger partial charge in [-0.25, -0.2) is 5.48 Å². The van der Waals surface area contributed by atoms with Crippen molar-refractivity contribution in [3.63, 3.8) is 0 Å². The van der Waals surface area contributed by atoms with Gasteiger partial charge in [0.1, 0.15) is 5.70 Å². The Bertz CT molecular complexity index is 421. The zero-order valence-corrected chi connectivity index (χ0v) is 7.49. The van der Waals surface area contributed by atoms with Gasteiger partial charge in [-0.15, -0.1) is 0 Å². The molecule has 0 fully saturated rings. The minimum Gasteiger partial charge on any atom is -0.381 e. The largest absolute Gasteiger partial charge is 0.381 e. The van der Waals surface area contributed by atoms with Crippen molar-refractivity contribution in [2.75, 3.05) is 0 Å². The van der Waals surface area contributed by atoms with Crippen molar-refractivity contribution in [3.8, 4) is 5.75 Å². The summed E-state index contributed by atoms with van der Waals surface area (Å²) in [6.45, 7) is 3.41. The van der Waals surface area contributed by atoms with Crippen LogP contribution in [-0.2, 0) is 4.79 Å². The van der Waals surface area contributed by atoms with E-state index in [0.29, 0.717) is 11.4 Å². The van der Waals surface area contributed by atoms with Crippen molar-refractivity contribution in [2.24, 2.45) is 0 Å². The molecule has 0 atom stereocenters. The van der Waals surface area contributed by atoms with Crippen LogP contribution in [0.3, 0.4) is 0 Å². The summed E-state index contributed by atoms with van der Waals surface area (Å²) >= 11 is 0. The van der Waals surface area contributed by atoms with E-state index in [1.54, 1.807) is 6.08 Å². The normalized spacial score (nSPS) is 13.0. The zero-order chi connectivity index (χ0) is 9.97. The summed E-state index contributed by atoms with van der Waals surface area (Å²) in [6, 6.07) is 7.47. The molecule has 0 aromatic heterocycles. The Morgan fingerprint density at radius 1 is 1.43 bits per heavy atom. The van der Waals surface area contributed by atoms with E-state index in [9.17, 15) is 4.79 Å². The van der Waals surface area contributed by atoms with E-state index in [1.807, 2.05) is 24.3 Å². The second-order valence-corrected chi connectivity index (χ2v) is 2.87. The van der Waals surface area contributed by atoms with E-state index >= 15 is 0 Å². The predicted molar refractivity (Wildman–Crippen MR) is 53.4 cm³/mol. The number of rotatable bonds is 2. The van der Waals surface area contributed by atoms with E-state index < -0.39 is 0 Å². The SMILES string of the molecule is C=CC(=O)C1=Cc2ccccc2ON1. The number of nitrogens with one attached hydrogen (secondary N) is 1. The first-order chi connectivity index (χ1) is 6.81. The second-order valence-electron chi connectivity index (χ2n) is 2.87. The number of fused-ring (bicyclic) bond motifs is 1. The third kappa shape index (κ3) is 1.40. The van der Waals surface area contributed by atoms with Crippen molar-refractivity contribution in [3.05, 3.63) is 48.2 Å². The van der Waals surface area contributed by atoms with Crippen LogP contribution in [0.5, 0.6) is 5.75 Å². The molecule has 1 heterocycles. The third-order valence-electron chi connectivity index (χ3n) is 1.94. The maximum absolute atomic E-state index is 11.2. The van der Waals surface area contributed by atoms with Crippen LogP contribution in [0.4, 0.5) is 0 Å². The molecule has 0 saturated heterocycles. The van der Waals surface area contributed by atoms with Gasteiger partial charge in [-0.2, -0.15) is 0 Å². The van der Waals surface area contributed by atoms with E-state index in [2.05, 4.69) is 12.1 Å². The molecule has 0 bridgehead atoms. The maximum Gasteiger partial charge on any atom is 0.204 e. The molecule has 0 spiro atoms. The van der Waals surface area contributed by atoms with E-state index in [-0.39, 0.29) is 5.78 Å². The highest BCUT2D eigenvalue weighted by molar-refractivity contribution is 6.06. The Morgan fingerprint density at radius 3 is 3.00 bits per heavy atom. The lowest BCUT2D eigenvalue weighted by atomic mass is 10.1. The van der Waals surface area contributed by atoms with Crippen molar-refractivity contribution in [1.29, 1.82) is 0 Å². The van der Waals surface area contributed by atoms with Crippen LogP contribution in [0, 0.1) is 0 Å². The van der Waals surface area contributed by atoms with Crippen LogP contribution >= 0.6 is 0 Å². The Balaban J connectivity index is 2.40. The van der Waals surface area contributed by atoms with Gasteiger partial charge in [-0.1, -0.05) is 24.8 Å². The van der Waals surface area contributed by atoms with E-state index in [4.69, 9.17) is 4.84 Å². The number of para-hydroxylation sites is 1. The molecule has 3 nitrogen and oxygen atoms in total. The molecule has 1 N–H and O–H groups in total. The number of benzene rings is 1. The Hall–Kier alpha value is -2.03. The van der Waals surface area contributed by atoms with Crippen LogP contribution in [0.25, 0.3) is 6.08 Å². The Morgan fingerprint density at radius 2 is 2.21 bits per heavy atom. The fourth-order valence-corrected chi connectivity index (χ4v) is 1.22. The van der Waals surface area contributed by atoms with Crippen LogP contribution in [0.2, 0.25) is 0 Å². The summed E-state index contributed by atoms with van der Waals surface area (Å²) in [5, 5.41) is 0. The highest BCUT2D eigenvalue weighted by atomic mass is 16.6. The van der Waals surface area contributed by atoms with Gasteiger partial charge < -0.3 is 4.84 Å². The van der Waals surface area contributed by atoms with Crippen molar-refractivity contribution in [2.45, 2.75) is 0 Å². The number of carbonyl (C=O) groups is 1. The first kappa shape index (κ1) is 8.56. The van der Waals surface area contributed by atoms with E-state index in [0.717, 1.165) is 5.56 Å². The topological polar surface area (TPSA) is 38.3 Å². The molecule has 0 aliphatic carbocycles. The van der Waals surface area contributed by atoms with Gasteiger partial charge in [-0.05, 0) is 18.2 Å². The third-order valence-corrected chi connectivity index (χ3v) is 1.94. The summed E-state index contributed by atoms with van der Waals surface area (Å²) in [4.78, 5) is 16.4. The van der Waals surface area contributed by atoms with Gasteiger partial charge in [0.15, 0.2) is 5.75 Å². The lowest BCUT2D eigenvalue weighted by molar-refractivity contribution is -0.112. The molecule has 2 rings (SSSR count). The number of hydrogen-bond acceptors (Lipinski definition) is 3. The maximum atomic E-state index is 11.2. The first-order valence-corrected chi connectivity index (χ1v) is 4.21. The molecule has 1 aliphatic heterocycles. The number of carbonyl (C=O) groups excluding carboxylic acids is 1. The van der Waals surface area contributed by atoms with Gasteiger partial charge in [-0.3, -0.25) is 4.79 Å². The second kappa shape index (κ2) is 3.38. The highest BCUT2D eigenvalue weighted by Gasteiger charge is 2.13. The zero-order valence-electron chi connectivity index (χ0n) is 7.49. The minimum atomic E-state index is -0.181. The quantitative estimate of drug-likeness (QED) is 0.716. The lowest BCUT2D eigenvalue weighted by Crippen LogP contribution is -2.25. The van der Waals surface area contributed by atoms with Crippen molar-refractivity contribution in [1.82, 2.24) is 5.48 Å². The average molecular weight is 187 g/mol.